The molecule has 0 spiro atoms. The molecule has 1 atom stereocenters. The van der Waals surface area contributed by atoms with Crippen LogP contribution in [0, 0.1) is 0 Å². The molecule has 1 aromatic carbocycles. The van der Waals surface area contributed by atoms with Gasteiger partial charge >= 0.3 is 0 Å². The van der Waals surface area contributed by atoms with Gasteiger partial charge in [0.2, 0.25) is 5.91 Å². The fourth-order valence-corrected chi connectivity index (χ4v) is 2.36. The van der Waals surface area contributed by atoms with E-state index in [2.05, 4.69) is 20.9 Å². The van der Waals surface area contributed by atoms with Crippen molar-refractivity contribution in [1.82, 2.24) is 16.0 Å². The zero-order chi connectivity index (χ0) is 16.3. The lowest BCUT2D eigenvalue weighted by molar-refractivity contribution is -0.122. The maximum absolute atomic E-state index is 11.2. The summed E-state index contributed by atoms with van der Waals surface area (Å²) in [5.74, 6) is 0.899. The van der Waals surface area contributed by atoms with Crippen LogP contribution in [0.5, 0.6) is 0 Å². The molecule has 126 valence electrons. The third-order valence-corrected chi connectivity index (χ3v) is 3.57. The first-order chi connectivity index (χ1) is 11.3. The minimum Gasteiger partial charge on any atom is -0.375 e. The summed E-state index contributed by atoms with van der Waals surface area (Å²) in [6.45, 7) is 5.26. The van der Waals surface area contributed by atoms with Gasteiger partial charge in [0, 0.05) is 25.6 Å². The van der Waals surface area contributed by atoms with Crippen LogP contribution in [0.2, 0.25) is 0 Å². The Hall–Kier alpha value is -2.08. The average molecular weight is 318 g/mol. The number of hydrogen-bond acceptors (Lipinski definition) is 3. The highest BCUT2D eigenvalue weighted by molar-refractivity contribution is 5.81. The summed E-state index contributed by atoms with van der Waals surface area (Å²) in [7, 11) is 0. The van der Waals surface area contributed by atoms with Gasteiger partial charge in [-0.2, -0.15) is 0 Å². The summed E-state index contributed by atoms with van der Waals surface area (Å²) in [5.41, 5.74) is 1.17. The van der Waals surface area contributed by atoms with Gasteiger partial charge in [0.25, 0.3) is 0 Å². The van der Waals surface area contributed by atoms with Gasteiger partial charge in [-0.25, -0.2) is 0 Å². The number of piperidine rings is 1. The molecule has 1 aliphatic heterocycles. The van der Waals surface area contributed by atoms with Gasteiger partial charge in [-0.1, -0.05) is 30.3 Å². The lowest BCUT2D eigenvalue weighted by atomic mass is 10.1. The van der Waals surface area contributed by atoms with Crippen LogP contribution >= 0.6 is 0 Å². The Morgan fingerprint density at radius 1 is 1.39 bits per heavy atom. The van der Waals surface area contributed by atoms with E-state index in [1.165, 1.54) is 5.56 Å². The van der Waals surface area contributed by atoms with Gasteiger partial charge < -0.3 is 20.7 Å². The Morgan fingerprint density at radius 3 is 2.91 bits per heavy atom. The summed E-state index contributed by atoms with van der Waals surface area (Å²) < 4.78 is 5.63. The molecule has 6 nitrogen and oxygen atoms in total. The molecule has 1 fully saturated rings. The molecule has 1 saturated heterocycles. The van der Waals surface area contributed by atoms with Gasteiger partial charge in [0.15, 0.2) is 5.96 Å². The number of benzene rings is 1. The minimum absolute atomic E-state index is 0.124. The first-order valence-corrected chi connectivity index (χ1v) is 8.21. The molecule has 1 aliphatic rings. The lowest BCUT2D eigenvalue weighted by Crippen LogP contribution is -2.51. The Morgan fingerprint density at radius 2 is 2.22 bits per heavy atom. The first-order valence-electron chi connectivity index (χ1n) is 8.21. The van der Waals surface area contributed by atoms with Crippen LogP contribution in [0.25, 0.3) is 0 Å². The summed E-state index contributed by atoms with van der Waals surface area (Å²) in [6.07, 6.45) is 1.40. The molecule has 1 aromatic rings. The molecule has 1 unspecified atom stereocenters. The number of carbonyl (C=O) groups is 1. The van der Waals surface area contributed by atoms with E-state index in [0.29, 0.717) is 32.7 Å². The molecule has 0 aliphatic carbocycles. The molecule has 1 amide bonds. The predicted molar refractivity (Wildman–Crippen MR) is 91.2 cm³/mol. The Bertz CT molecular complexity index is 495. The molecular formula is C17H26N4O2. The maximum atomic E-state index is 11.2. The Balaban J connectivity index is 1.69. The topological polar surface area (TPSA) is 74.8 Å². The molecule has 0 aromatic heterocycles. The number of hydrogen-bond donors (Lipinski definition) is 3. The molecule has 6 heteroatoms. The highest BCUT2D eigenvalue weighted by atomic mass is 16.5. The van der Waals surface area contributed by atoms with E-state index in [9.17, 15) is 4.79 Å². The van der Waals surface area contributed by atoms with Gasteiger partial charge in [0.1, 0.15) is 0 Å². The fraction of sp³-hybridized carbons (Fsp3) is 0.529. The number of aliphatic imine (C=N–C) groups is 1. The highest BCUT2D eigenvalue weighted by Gasteiger charge is 2.18. The Labute approximate surface area is 137 Å². The third kappa shape index (κ3) is 6.69. The molecular weight excluding hydrogens is 292 g/mol. The van der Waals surface area contributed by atoms with Crippen molar-refractivity contribution in [3.63, 3.8) is 0 Å². The molecule has 0 radical (unpaired) electrons. The van der Waals surface area contributed by atoms with Gasteiger partial charge in [0.05, 0.1) is 19.8 Å². The van der Waals surface area contributed by atoms with E-state index in [-0.39, 0.29) is 11.9 Å². The molecule has 3 N–H and O–H groups in total. The quantitative estimate of drug-likeness (QED) is 0.399. The number of nitrogens with one attached hydrogen (secondary N) is 3. The summed E-state index contributed by atoms with van der Waals surface area (Å²) in [4.78, 5) is 15.7. The van der Waals surface area contributed by atoms with Crippen molar-refractivity contribution in [3.8, 4) is 0 Å². The van der Waals surface area contributed by atoms with Crippen molar-refractivity contribution in [1.29, 1.82) is 0 Å². The lowest BCUT2D eigenvalue weighted by Gasteiger charge is -2.25. The normalized spacial score (nSPS) is 18.4. The van der Waals surface area contributed by atoms with Crippen molar-refractivity contribution in [2.75, 3.05) is 26.2 Å². The first kappa shape index (κ1) is 17.3. The average Bonchev–Trinajstić information content (AvgIpc) is 2.57. The van der Waals surface area contributed by atoms with Crippen LogP contribution in [-0.2, 0) is 16.1 Å². The SMILES string of the molecule is CCNC(=NCCOCc1ccccc1)NC1CCC(=O)NC1. The number of amides is 1. The van der Waals surface area contributed by atoms with Crippen molar-refractivity contribution >= 4 is 11.9 Å². The number of ether oxygens (including phenoxy) is 1. The molecule has 23 heavy (non-hydrogen) atoms. The van der Waals surface area contributed by atoms with Crippen LogP contribution < -0.4 is 16.0 Å². The number of nitrogens with zero attached hydrogens (tertiary/aromatic N) is 1. The summed E-state index contributed by atoms with van der Waals surface area (Å²) in [5, 5.41) is 9.44. The van der Waals surface area contributed by atoms with Crippen molar-refractivity contribution in [3.05, 3.63) is 35.9 Å². The zero-order valence-corrected chi connectivity index (χ0v) is 13.7. The van der Waals surface area contributed by atoms with Crippen LogP contribution in [0.1, 0.15) is 25.3 Å². The predicted octanol–water partition coefficient (Wildman–Crippen LogP) is 1.04. The maximum Gasteiger partial charge on any atom is 0.220 e. The smallest absolute Gasteiger partial charge is 0.220 e. The van der Waals surface area contributed by atoms with E-state index in [0.717, 1.165) is 18.9 Å². The van der Waals surface area contributed by atoms with Gasteiger partial charge in [-0.15, -0.1) is 0 Å². The second-order valence-corrected chi connectivity index (χ2v) is 5.48. The van der Waals surface area contributed by atoms with Crippen LogP contribution in [0.15, 0.2) is 35.3 Å². The second-order valence-electron chi connectivity index (χ2n) is 5.48. The van der Waals surface area contributed by atoms with Crippen LogP contribution in [0.3, 0.4) is 0 Å². The molecule has 2 rings (SSSR count). The molecule has 0 bridgehead atoms. The van der Waals surface area contributed by atoms with Crippen molar-refractivity contribution in [2.45, 2.75) is 32.4 Å². The van der Waals surface area contributed by atoms with Crippen LogP contribution in [-0.4, -0.2) is 44.1 Å². The summed E-state index contributed by atoms with van der Waals surface area (Å²) >= 11 is 0. The number of carbonyl (C=O) groups excluding carboxylic acids is 1. The van der Waals surface area contributed by atoms with Crippen molar-refractivity contribution < 1.29 is 9.53 Å². The Kier molecular flexibility index (Phi) is 7.39. The standard InChI is InChI=1S/C17H26N4O2/c1-2-18-17(21-15-8-9-16(22)20-12-15)19-10-11-23-13-14-6-4-3-5-7-14/h3-7,15H,2,8-13H2,1H3,(H,20,22)(H2,18,19,21). The van der Waals surface area contributed by atoms with E-state index in [1.807, 2.05) is 37.3 Å². The minimum atomic E-state index is 0.124. The second kappa shape index (κ2) is 9.84. The van der Waals surface area contributed by atoms with E-state index in [4.69, 9.17) is 4.74 Å². The van der Waals surface area contributed by atoms with Gasteiger partial charge in [-0.3, -0.25) is 9.79 Å². The fourth-order valence-electron chi connectivity index (χ4n) is 2.36. The zero-order valence-electron chi connectivity index (χ0n) is 13.7. The largest absolute Gasteiger partial charge is 0.375 e. The van der Waals surface area contributed by atoms with E-state index in [1.54, 1.807) is 0 Å². The van der Waals surface area contributed by atoms with E-state index < -0.39 is 0 Å². The monoisotopic (exact) mass is 318 g/mol. The molecule has 0 saturated carbocycles. The van der Waals surface area contributed by atoms with E-state index >= 15 is 0 Å². The summed E-state index contributed by atoms with van der Waals surface area (Å²) in [6, 6.07) is 10.3. The van der Waals surface area contributed by atoms with Gasteiger partial charge in [-0.05, 0) is 18.9 Å². The number of guanidine groups is 1. The number of rotatable bonds is 7. The third-order valence-electron chi connectivity index (χ3n) is 3.57. The highest BCUT2D eigenvalue weighted by Crippen LogP contribution is 2.02. The molecule has 1 heterocycles. The van der Waals surface area contributed by atoms with Crippen LogP contribution in [0.4, 0.5) is 0 Å². The van der Waals surface area contributed by atoms with Crippen molar-refractivity contribution in [2.24, 2.45) is 4.99 Å².